The highest BCUT2D eigenvalue weighted by molar-refractivity contribution is 7.79. The lowest BCUT2D eigenvalue weighted by molar-refractivity contribution is 0.413. The van der Waals surface area contributed by atoms with Crippen LogP contribution >= 0.6 is 7.92 Å². The summed E-state index contributed by atoms with van der Waals surface area (Å²) in [5.74, 6) is -16.5. The molecule has 0 spiro atoms. The molecule has 1 aromatic carbocycles. The molecule has 2 aromatic heterocycles. The third kappa shape index (κ3) is 3.25. The number of hydrogen-bond acceptors (Lipinski definition) is 2. The van der Waals surface area contributed by atoms with Crippen molar-refractivity contribution in [3.63, 3.8) is 0 Å². The summed E-state index contributed by atoms with van der Waals surface area (Å²) in [5, 5.41) is -3.12. The lowest BCUT2D eigenvalue weighted by Gasteiger charge is -2.21. The van der Waals surface area contributed by atoms with Crippen LogP contribution in [0.5, 0.6) is 0 Å². The van der Waals surface area contributed by atoms with Crippen molar-refractivity contribution in [3.05, 3.63) is 77.4 Å². The molecule has 0 fully saturated rings. The molecule has 0 aliphatic carbocycles. The van der Waals surface area contributed by atoms with Crippen LogP contribution in [0.1, 0.15) is 0 Å². The van der Waals surface area contributed by atoms with Crippen molar-refractivity contribution in [2.45, 2.75) is 0 Å². The van der Waals surface area contributed by atoms with E-state index in [1.807, 2.05) is 0 Å². The second kappa shape index (κ2) is 7.19. The van der Waals surface area contributed by atoms with Gasteiger partial charge in [0.2, 0.25) is 0 Å². The smallest absolute Gasteiger partial charge is 0.201 e. The first-order valence-electron chi connectivity index (χ1n) is 6.99. The normalized spacial score (nSPS) is 11.3. The van der Waals surface area contributed by atoms with E-state index in [0.717, 1.165) is 12.1 Å². The Morgan fingerprint density at radius 3 is 1.19 bits per heavy atom. The summed E-state index contributed by atoms with van der Waals surface area (Å²) in [6.07, 6.45) is 0. The van der Waals surface area contributed by atoms with Crippen molar-refractivity contribution in [3.8, 4) is 0 Å². The largest absolute Gasteiger partial charge is 0.252 e. The second-order valence-electron chi connectivity index (χ2n) is 5.01. The van der Waals surface area contributed by atoms with Gasteiger partial charge in [0, 0.05) is 0 Å². The van der Waals surface area contributed by atoms with Crippen LogP contribution in [0.25, 0.3) is 0 Å². The van der Waals surface area contributed by atoms with E-state index in [9.17, 15) is 35.1 Å². The van der Waals surface area contributed by atoms with Gasteiger partial charge in [0.1, 0.15) is 0 Å². The van der Waals surface area contributed by atoms with Gasteiger partial charge in [-0.3, -0.25) is 0 Å². The fraction of sp³-hybridized carbons (Fsp3) is 0. The fourth-order valence-corrected chi connectivity index (χ4v) is 4.66. The van der Waals surface area contributed by atoms with E-state index in [-0.39, 0.29) is 5.30 Å². The van der Waals surface area contributed by atoms with Crippen molar-refractivity contribution in [1.82, 2.24) is 9.97 Å². The molecule has 0 amide bonds. The molecule has 0 N–H and O–H groups in total. The molecule has 0 aliphatic heterocycles. The maximum Gasteiger partial charge on any atom is 0.252 e. The molecule has 140 valence electrons. The van der Waals surface area contributed by atoms with Crippen molar-refractivity contribution < 1.29 is 35.1 Å². The summed E-state index contributed by atoms with van der Waals surface area (Å²) >= 11 is 0. The Morgan fingerprint density at radius 2 is 0.852 bits per heavy atom. The first-order chi connectivity index (χ1) is 12.7. The van der Waals surface area contributed by atoms with Gasteiger partial charge in [0.15, 0.2) is 23.3 Å². The van der Waals surface area contributed by atoms with Crippen molar-refractivity contribution >= 4 is 23.8 Å². The number of hydrogen-bond donors (Lipinski definition) is 0. The van der Waals surface area contributed by atoms with Crippen LogP contribution in [0.3, 0.4) is 0 Å². The van der Waals surface area contributed by atoms with Gasteiger partial charge >= 0.3 is 0 Å². The van der Waals surface area contributed by atoms with Crippen molar-refractivity contribution in [2.75, 3.05) is 0 Å². The Kier molecular flexibility index (Phi) is 5.10. The Labute approximate surface area is 147 Å². The summed E-state index contributed by atoms with van der Waals surface area (Å²) < 4.78 is 111. The van der Waals surface area contributed by atoms with Gasteiger partial charge in [0.05, 0.1) is 10.6 Å². The first kappa shape index (κ1) is 19.2. The van der Waals surface area contributed by atoms with Gasteiger partial charge in [-0.1, -0.05) is 30.3 Å². The van der Waals surface area contributed by atoms with Crippen molar-refractivity contribution in [1.29, 1.82) is 0 Å². The zero-order valence-electron chi connectivity index (χ0n) is 12.8. The highest BCUT2D eigenvalue weighted by Crippen LogP contribution is 2.38. The minimum Gasteiger partial charge on any atom is -0.201 e. The van der Waals surface area contributed by atoms with Crippen molar-refractivity contribution in [2.24, 2.45) is 0 Å². The molecule has 0 radical (unpaired) electrons. The standard InChI is InChI=1S/C16H5F8N2P/c17-7-11(8(18)14(22)25-13(7)21)27(6-4-2-1-3-5-6)12-9(19)15(23)26-16(24)10(12)20/h1-5H. The quantitative estimate of drug-likeness (QED) is 0.378. The molecule has 27 heavy (non-hydrogen) atoms. The molecule has 2 heterocycles. The number of nitrogens with zero attached hydrogens (tertiary/aromatic N) is 2. The number of pyridine rings is 2. The molecular weight excluding hydrogens is 403 g/mol. The fourth-order valence-electron chi connectivity index (χ4n) is 2.29. The average molecular weight is 408 g/mol. The van der Waals surface area contributed by atoms with Crippen LogP contribution < -0.4 is 15.9 Å². The minimum atomic E-state index is -3.13. The van der Waals surface area contributed by atoms with E-state index in [4.69, 9.17) is 0 Å². The summed E-state index contributed by atoms with van der Waals surface area (Å²) in [6, 6.07) is 6.25. The third-order valence-electron chi connectivity index (χ3n) is 3.41. The maximum atomic E-state index is 14.3. The van der Waals surface area contributed by atoms with Gasteiger partial charge in [-0.05, 0) is 13.2 Å². The van der Waals surface area contributed by atoms with Gasteiger partial charge in [-0.2, -0.15) is 27.5 Å². The second-order valence-corrected chi connectivity index (χ2v) is 7.09. The third-order valence-corrected chi connectivity index (χ3v) is 5.90. The highest BCUT2D eigenvalue weighted by atomic mass is 31.1. The van der Waals surface area contributed by atoms with Gasteiger partial charge in [-0.25, -0.2) is 17.6 Å². The zero-order valence-corrected chi connectivity index (χ0v) is 13.6. The molecule has 0 bridgehead atoms. The summed E-state index contributed by atoms with van der Waals surface area (Å²) in [6.45, 7) is 0. The molecule has 3 rings (SSSR count). The maximum absolute atomic E-state index is 14.3. The summed E-state index contributed by atoms with van der Waals surface area (Å²) in [7, 11) is -3.13. The van der Waals surface area contributed by atoms with Gasteiger partial charge < -0.3 is 0 Å². The number of rotatable bonds is 3. The molecule has 11 heteroatoms. The summed E-state index contributed by atoms with van der Waals surface area (Å²) in [4.78, 5) is 4.72. The van der Waals surface area contributed by atoms with Gasteiger partial charge in [0.25, 0.3) is 23.8 Å². The van der Waals surface area contributed by atoms with Gasteiger partial charge in [-0.15, -0.1) is 0 Å². The van der Waals surface area contributed by atoms with E-state index in [2.05, 4.69) is 9.97 Å². The molecule has 3 aromatic rings. The average Bonchev–Trinajstić information content (AvgIpc) is 2.64. The monoisotopic (exact) mass is 408 g/mol. The van der Waals surface area contributed by atoms with E-state index in [1.54, 1.807) is 0 Å². The lowest BCUT2D eigenvalue weighted by atomic mass is 10.4. The van der Waals surface area contributed by atoms with E-state index in [1.165, 1.54) is 18.2 Å². The van der Waals surface area contributed by atoms with E-state index in [0.29, 0.717) is 0 Å². The van der Waals surface area contributed by atoms with E-state index >= 15 is 0 Å². The van der Waals surface area contributed by atoms with Crippen LogP contribution in [-0.2, 0) is 0 Å². The Hall–Kier alpha value is -2.61. The Morgan fingerprint density at radius 1 is 0.519 bits per heavy atom. The Balaban J connectivity index is 2.46. The predicted octanol–water partition coefficient (Wildman–Crippen LogP) is 3.35. The highest BCUT2D eigenvalue weighted by Gasteiger charge is 2.35. The number of aromatic nitrogens is 2. The molecule has 0 unspecified atom stereocenters. The predicted molar refractivity (Wildman–Crippen MR) is 80.4 cm³/mol. The number of halogens is 8. The minimum absolute atomic E-state index is 0.238. The summed E-state index contributed by atoms with van der Waals surface area (Å²) in [5.41, 5.74) is 0. The molecule has 2 nitrogen and oxygen atoms in total. The molecule has 0 saturated heterocycles. The van der Waals surface area contributed by atoms with E-state index < -0.39 is 65.6 Å². The van der Waals surface area contributed by atoms with Crippen LogP contribution in [-0.4, -0.2) is 9.97 Å². The van der Waals surface area contributed by atoms with Crippen LogP contribution in [0.2, 0.25) is 0 Å². The van der Waals surface area contributed by atoms with Crippen LogP contribution in [0.15, 0.2) is 30.3 Å². The topological polar surface area (TPSA) is 25.8 Å². The molecule has 0 atom stereocenters. The zero-order chi connectivity index (χ0) is 19.9. The molecular formula is C16H5F8N2P. The molecule has 0 saturated carbocycles. The molecule has 0 aliphatic rings. The van der Waals surface area contributed by atoms with Crippen LogP contribution in [0, 0.1) is 47.1 Å². The Bertz CT molecular complexity index is 913. The first-order valence-corrected chi connectivity index (χ1v) is 8.33. The van der Waals surface area contributed by atoms with Crippen LogP contribution in [0.4, 0.5) is 35.1 Å². The lowest BCUT2D eigenvalue weighted by Crippen LogP contribution is -2.32. The number of benzene rings is 1. The SMILES string of the molecule is Fc1nc(F)c(F)c(P(c2ccccc2)c2c(F)c(F)nc(F)c2F)c1F.